The van der Waals surface area contributed by atoms with E-state index in [2.05, 4.69) is 0 Å². The van der Waals surface area contributed by atoms with Gasteiger partial charge in [0.05, 0.1) is 18.1 Å². The van der Waals surface area contributed by atoms with Crippen LogP contribution >= 0.6 is 0 Å². The molecule has 2 rings (SSSR count). The van der Waals surface area contributed by atoms with Gasteiger partial charge in [-0.05, 0) is 25.0 Å². The van der Waals surface area contributed by atoms with Crippen molar-refractivity contribution in [1.82, 2.24) is 0 Å². The van der Waals surface area contributed by atoms with E-state index in [0.29, 0.717) is 0 Å². The van der Waals surface area contributed by atoms with Gasteiger partial charge in [-0.3, -0.25) is 0 Å². The van der Waals surface area contributed by atoms with Crippen molar-refractivity contribution in [1.29, 1.82) is 5.26 Å². The maximum absolute atomic E-state index is 13.9. The fourth-order valence-electron chi connectivity index (χ4n) is 2.00. The summed E-state index contributed by atoms with van der Waals surface area (Å²) in [7, 11) is 0. The van der Waals surface area contributed by atoms with E-state index in [1.54, 1.807) is 0 Å². The van der Waals surface area contributed by atoms with Crippen LogP contribution in [-0.2, 0) is 0 Å². The molecule has 0 amide bonds. The van der Waals surface area contributed by atoms with Crippen LogP contribution in [0.4, 0.5) is 14.5 Å². The summed E-state index contributed by atoms with van der Waals surface area (Å²) < 4.78 is 27.8. The zero-order valence-corrected chi connectivity index (χ0v) is 10.1. The Kier molecular flexibility index (Phi) is 3.65. The quantitative estimate of drug-likeness (QED) is 0.889. The summed E-state index contributed by atoms with van der Waals surface area (Å²) in [6, 6.07) is 3.59. The third-order valence-corrected chi connectivity index (χ3v) is 3.00. The molecule has 1 N–H and O–H groups in total. The Hall–Kier alpha value is -2.16. The summed E-state index contributed by atoms with van der Waals surface area (Å²) in [5.41, 5.74) is -0.655. The Bertz CT molecular complexity index is 527. The minimum atomic E-state index is -1.38. The zero-order valence-electron chi connectivity index (χ0n) is 10.1. The average Bonchev–Trinajstić information content (AvgIpc) is 3.16. The summed E-state index contributed by atoms with van der Waals surface area (Å²) in [6.07, 6.45) is 1.81. The van der Waals surface area contributed by atoms with Gasteiger partial charge in [-0.25, -0.2) is 13.6 Å². The van der Waals surface area contributed by atoms with Gasteiger partial charge in [0.15, 0.2) is 0 Å². The summed E-state index contributed by atoms with van der Waals surface area (Å²) in [5.74, 6) is -3.18. The Morgan fingerprint density at radius 3 is 2.42 bits per heavy atom. The molecule has 0 radical (unpaired) electrons. The van der Waals surface area contributed by atoms with E-state index in [9.17, 15) is 13.6 Å². The minimum absolute atomic E-state index is 0.0352. The molecule has 100 valence electrons. The van der Waals surface area contributed by atoms with Gasteiger partial charge in [0.2, 0.25) is 0 Å². The number of hydrogen-bond donors (Lipinski definition) is 1. The Morgan fingerprint density at radius 2 is 2.00 bits per heavy atom. The molecule has 1 aromatic carbocycles. The van der Waals surface area contributed by atoms with E-state index in [0.717, 1.165) is 25.0 Å². The summed E-state index contributed by atoms with van der Waals surface area (Å²) >= 11 is 0. The van der Waals surface area contributed by atoms with E-state index in [1.807, 2.05) is 6.07 Å². The van der Waals surface area contributed by atoms with Crippen LogP contribution in [0.5, 0.6) is 0 Å². The highest BCUT2D eigenvalue weighted by Crippen LogP contribution is 2.35. The molecule has 1 aliphatic carbocycles. The number of rotatable bonds is 5. The first kappa shape index (κ1) is 13.3. The van der Waals surface area contributed by atoms with Crippen molar-refractivity contribution in [3.05, 3.63) is 29.3 Å². The maximum atomic E-state index is 13.9. The molecular weight excluding hydrogens is 254 g/mol. The van der Waals surface area contributed by atoms with Gasteiger partial charge in [-0.2, -0.15) is 5.26 Å². The highest BCUT2D eigenvalue weighted by Gasteiger charge is 2.32. The number of nitrogens with zero attached hydrogens (tertiary/aromatic N) is 2. The van der Waals surface area contributed by atoms with Crippen LogP contribution < -0.4 is 4.90 Å². The first-order valence-electron chi connectivity index (χ1n) is 5.90. The van der Waals surface area contributed by atoms with Gasteiger partial charge in [-0.15, -0.1) is 0 Å². The number of nitriles is 1. The standard InChI is InChI=1S/C13H12F2N2O2/c14-10-6-8(13(18)19)7-11(15)12(10)17(5-1-4-16)9-2-3-9/h6-7,9H,1-3,5H2,(H,18,19). The lowest BCUT2D eigenvalue weighted by molar-refractivity contribution is 0.0696. The second-order valence-electron chi connectivity index (χ2n) is 4.43. The van der Waals surface area contributed by atoms with Gasteiger partial charge in [0, 0.05) is 12.6 Å². The predicted octanol–water partition coefficient (Wildman–Crippen LogP) is 2.55. The van der Waals surface area contributed by atoms with Crippen LogP contribution in [-0.4, -0.2) is 23.7 Å². The van der Waals surface area contributed by atoms with Crippen LogP contribution in [0.1, 0.15) is 29.6 Å². The van der Waals surface area contributed by atoms with Crippen molar-refractivity contribution in [2.75, 3.05) is 11.4 Å². The molecule has 0 heterocycles. The number of anilines is 1. The van der Waals surface area contributed by atoms with Gasteiger partial charge < -0.3 is 10.0 Å². The third-order valence-electron chi connectivity index (χ3n) is 3.00. The molecular formula is C13H12F2N2O2. The van der Waals surface area contributed by atoms with Gasteiger partial charge >= 0.3 is 5.97 Å². The molecule has 0 atom stereocenters. The van der Waals surface area contributed by atoms with Gasteiger partial charge in [0.1, 0.15) is 17.3 Å². The van der Waals surface area contributed by atoms with Crippen LogP contribution in [0.3, 0.4) is 0 Å². The number of carbonyl (C=O) groups is 1. The van der Waals surface area contributed by atoms with Gasteiger partial charge in [0.25, 0.3) is 0 Å². The molecule has 6 heteroatoms. The molecule has 0 saturated heterocycles. The molecule has 19 heavy (non-hydrogen) atoms. The fraction of sp³-hybridized carbons (Fsp3) is 0.385. The first-order valence-corrected chi connectivity index (χ1v) is 5.90. The lowest BCUT2D eigenvalue weighted by Gasteiger charge is -2.24. The van der Waals surface area contributed by atoms with Gasteiger partial charge in [-0.1, -0.05) is 0 Å². The summed E-state index contributed by atoms with van der Waals surface area (Å²) in [5, 5.41) is 17.3. The summed E-state index contributed by atoms with van der Waals surface area (Å²) in [6.45, 7) is 0.238. The molecule has 1 aromatic rings. The lowest BCUT2D eigenvalue weighted by atomic mass is 10.1. The molecule has 1 fully saturated rings. The Labute approximate surface area is 108 Å². The number of halogens is 2. The van der Waals surface area contributed by atoms with Crippen molar-refractivity contribution < 1.29 is 18.7 Å². The predicted molar refractivity (Wildman–Crippen MR) is 63.9 cm³/mol. The second-order valence-corrected chi connectivity index (χ2v) is 4.43. The van der Waals surface area contributed by atoms with Crippen molar-refractivity contribution in [2.24, 2.45) is 0 Å². The normalized spacial score (nSPS) is 13.9. The summed E-state index contributed by atoms with van der Waals surface area (Å²) in [4.78, 5) is 12.2. The zero-order chi connectivity index (χ0) is 14.0. The van der Waals surface area contributed by atoms with E-state index >= 15 is 0 Å². The molecule has 0 aliphatic heterocycles. The van der Waals surface area contributed by atoms with E-state index < -0.39 is 23.2 Å². The van der Waals surface area contributed by atoms with E-state index in [-0.39, 0.29) is 24.7 Å². The van der Waals surface area contributed by atoms with E-state index in [1.165, 1.54) is 4.90 Å². The number of benzene rings is 1. The van der Waals surface area contributed by atoms with E-state index in [4.69, 9.17) is 10.4 Å². The molecule has 1 saturated carbocycles. The number of aromatic carboxylic acids is 1. The van der Waals surface area contributed by atoms with Crippen molar-refractivity contribution in [3.63, 3.8) is 0 Å². The van der Waals surface area contributed by atoms with Crippen LogP contribution in [0.25, 0.3) is 0 Å². The fourth-order valence-corrected chi connectivity index (χ4v) is 2.00. The minimum Gasteiger partial charge on any atom is -0.478 e. The highest BCUT2D eigenvalue weighted by atomic mass is 19.1. The largest absolute Gasteiger partial charge is 0.478 e. The van der Waals surface area contributed by atoms with Crippen molar-refractivity contribution in [2.45, 2.75) is 25.3 Å². The van der Waals surface area contributed by atoms with Crippen LogP contribution in [0.2, 0.25) is 0 Å². The maximum Gasteiger partial charge on any atom is 0.335 e. The third kappa shape index (κ3) is 2.81. The van der Waals surface area contributed by atoms with Crippen molar-refractivity contribution >= 4 is 11.7 Å². The molecule has 0 aromatic heterocycles. The second kappa shape index (κ2) is 5.22. The molecule has 0 spiro atoms. The number of carboxylic acids is 1. The molecule has 0 bridgehead atoms. The molecule has 0 unspecified atom stereocenters. The number of hydrogen-bond acceptors (Lipinski definition) is 3. The molecule has 4 nitrogen and oxygen atoms in total. The lowest BCUT2D eigenvalue weighted by Crippen LogP contribution is -2.28. The number of carboxylic acid groups (broad SMARTS) is 1. The smallest absolute Gasteiger partial charge is 0.335 e. The highest BCUT2D eigenvalue weighted by molar-refractivity contribution is 5.88. The average molecular weight is 266 g/mol. The molecule has 1 aliphatic rings. The van der Waals surface area contributed by atoms with Crippen LogP contribution in [0.15, 0.2) is 12.1 Å². The van der Waals surface area contributed by atoms with Crippen LogP contribution in [0, 0.1) is 23.0 Å². The first-order chi connectivity index (χ1) is 9.04. The Morgan fingerprint density at radius 1 is 1.42 bits per heavy atom. The van der Waals surface area contributed by atoms with Crippen molar-refractivity contribution in [3.8, 4) is 6.07 Å². The SMILES string of the molecule is N#CCCN(c1c(F)cc(C(=O)O)cc1F)C1CC1. The Balaban J connectivity index is 2.37. The topological polar surface area (TPSA) is 64.3 Å². The monoisotopic (exact) mass is 266 g/mol.